The molecule has 2 aliphatic heterocycles. The summed E-state index contributed by atoms with van der Waals surface area (Å²) in [5.74, 6) is 0.260. The van der Waals surface area contributed by atoms with Gasteiger partial charge in [-0.3, -0.25) is 0 Å². The lowest BCUT2D eigenvalue weighted by atomic mass is 9.43. The Morgan fingerprint density at radius 3 is 2.49 bits per heavy atom. The van der Waals surface area contributed by atoms with Crippen LogP contribution < -0.4 is 0 Å². The smallest absolute Gasteiger partial charge is 0.331 e. The molecular formula is C30H46O9. The van der Waals surface area contributed by atoms with Crippen LogP contribution in [0.1, 0.15) is 72.1 Å². The van der Waals surface area contributed by atoms with Gasteiger partial charge >= 0.3 is 5.97 Å². The third-order valence-corrected chi connectivity index (χ3v) is 12.3. The van der Waals surface area contributed by atoms with Crippen LogP contribution in [0, 0.1) is 34.5 Å². The van der Waals surface area contributed by atoms with Crippen molar-refractivity contribution in [2.24, 2.45) is 34.5 Å². The molecule has 6 aliphatic rings. The van der Waals surface area contributed by atoms with Crippen LogP contribution >= 0.6 is 0 Å². The van der Waals surface area contributed by atoms with E-state index >= 15 is 0 Å². The molecule has 220 valence electrons. The van der Waals surface area contributed by atoms with Gasteiger partial charge in [-0.05, 0) is 80.6 Å². The molecule has 6 rings (SSSR count). The van der Waals surface area contributed by atoms with Crippen molar-refractivity contribution >= 4 is 5.97 Å². The van der Waals surface area contributed by atoms with E-state index in [9.17, 15) is 25.2 Å². The molecule has 4 N–H and O–H groups in total. The summed E-state index contributed by atoms with van der Waals surface area (Å²) in [5, 5.41) is 44.7. The lowest BCUT2D eigenvalue weighted by Gasteiger charge is -2.63. The summed E-state index contributed by atoms with van der Waals surface area (Å²) in [6.45, 7) is 6.48. The Hall–Kier alpha value is -1.07. The molecule has 0 unspecified atom stereocenters. The van der Waals surface area contributed by atoms with Crippen molar-refractivity contribution in [1.29, 1.82) is 0 Å². The molecular weight excluding hydrogens is 504 g/mol. The van der Waals surface area contributed by atoms with Gasteiger partial charge in [0.1, 0.15) is 24.9 Å². The van der Waals surface area contributed by atoms with Crippen LogP contribution in [0.15, 0.2) is 11.6 Å². The van der Waals surface area contributed by atoms with Gasteiger partial charge in [0.15, 0.2) is 6.29 Å². The number of ether oxygens (including phenoxy) is 4. The number of hydrogen-bond donors (Lipinski definition) is 4. The zero-order valence-corrected chi connectivity index (χ0v) is 23.6. The van der Waals surface area contributed by atoms with E-state index in [1.165, 1.54) is 13.2 Å². The summed E-state index contributed by atoms with van der Waals surface area (Å²) in [6.07, 6.45) is 3.40. The van der Waals surface area contributed by atoms with Crippen LogP contribution in [0.3, 0.4) is 0 Å². The average molecular weight is 551 g/mol. The highest BCUT2D eigenvalue weighted by atomic mass is 16.7. The Bertz CT molecular complexity index is 1000. The number of rotatable bonds is 4. The van der Waals surface area contributed by atoms with Crippen LogP contribution in [0.25, 0.3) is 0 Å². The highest BCUT2D eigenvalue weighted by Gasteiger charge is 2.70. The quantitative estimate of drug-likeness (QED) is 0.307. The van der Waals surface area contributed by atoms with Crippen molar-refractivity contribution in [3.8, 4) is 0 Å². The van der Waals surface area contributed by atoms with Gasteiger partial charge in [-0.15, -0.1) is 0 Å². The second-order valence-electron chi connectivity index (χ2n) is 13.9. The maximum absolute atomic E-state index is 12.4. The third kappa shape index (κ3) is 4.09. The van der Waals surface area contributed by atoms with E-state index in [2.05, 4.69) is 13.8 Å². The zero-order chi connectivity index (χ0) is 27.9. The number of aliphatic hydroxyl groups excluding tert-OH is 3. The minimum Gasteiger partial charge on any atom is -0.458 e. The standard InChI is InChI=1S/C30H46O9/c1-15-24(33)26(36-4)25(34)27(38-15)39-18-7-9-28(2)17(12-18)5-6-20-19(28)8-10-29(3)23(16-11-22(32)37-14-16)21(31)13-30(20,29)35/h11,15,17-21,23-27,31,33-35H,5-10,12-14H2,1-4H3/t15-,17-,18+,19-,20-,21+,23+,24+,25-,26+,27-,28+,29-,30+/m1/s1. The monoisotopic (exact) mass is 550 g/mol. The first-order chi connectivity index (χ1) is 18.4. The van der Waals surface area contributed by atoms with Crippen LogP contribution in [0.2, 0.25) is 0 Å². The van der Waals surface area contributed by atoms with Gasteiger partial charge in [-0.25, -0.2) is 4.79 Å². The summed E-state index contributed by atoms with van der Waals surface area (Å²) < 4.78 is 22.7. The number of fused-ring (bicyclic) bond motifs is 5. The minimum absolute atomic E-state index is 0.0547. The van der Waals surface area contributed by atoms with Crippen molar-refractivity contribution in [3.63, 3.8) is 0 Å². The molecule has 0 aromatic rings. The number of cyclic esters (lactones) is 1. The first-order valence-corrected chi connectivity index (χ1v) is 14.9. The first-order valence-electron chi connectivity index (χ1n) is 14.9. The molecule has 39 heavy (non-hydrogen) atoms. The number of carbonyl (C=O) groups is 1. The summed E-state index contributed by atoms with van der Waals surface area (Å²) in [7, 11) is 1.48. The van der Waals surface area contributed by atoms with E-state index in [0.29, 0.717) is 18.3 Å². The highest BCUT2D eigenvalue weighted by Crippen LogP contribution is 2.70. The Balaban J connectivity index is 1.17. The van der Waals surface area contributed by atoms with Gasteiger partial charge in [0.05, 0.1) is 23.9 Å². The summed E-state index contributed by atoms with van der Waals surface area (Å²) in [5.41, 5.74) is -0.601. The summed E-state index contributed by atoms with van der Waals surface area (Å²) in [6, 6.07) is 0. The second kappa shape index (κ2) is 9.75. The van der Waals surface area contributed by atoms with Crippen LogP contribution in [0.5, 0.6) is 0 Å². The summed E-state index contributed by atoms with van der Waals surface area (Å²) >= 11 is 0. The minimum atomic E-state index is -1.06. The van der Waals surface area contributed by atoms with E-state index in [4.69, 9.17) is 18.9 Å². The number of hydrogen-bond acceptors (Lipinski definition) is 9. The van der Waals surface area contributed by atoms with E-state index in [-0.39, 0.29) is 35.9 Å². The Kier molecular flexibility index (Phi) is 7.02. The van der Waals surface area contributed by atoms with Gasteiger partial charge < -0.3 is 39.4 Å². The number of carbonyl (C=O) groups excluding carboxylic acids is 1. The lowest BCUT2D eigenvalue weighted by Crippen LogP contribution is -2.62. The first kappa shape index (κ1) is 28.1. The van der Waals surface area contributed by atoms with Crippen molar-refractivity contribution in [3.05, 3.63) is 11.6 Å². The van der Waals surface area contributed by atoms with Crippen molar-refractivity contribution < 1.29 is 44.2 Å². The SMILES string of the molecule is CO[C@H]1[C@@H](O)[C@@H](C)O[C@H](O[C@H]2CC[C@@]3(C)[C@H](CC[C@@H]4[C@H]3CC[C@]3(C)[C@@H](C5=CC(=O)OC5)[C@@H](O)C[C@]43O)C2)[C@@H]1O. The molecule has 0 aromatic heterocycles. The Morgan fingerprint density at radius 2 is 1.79 bits per heavy atom. The fourth-order valence-corrected chi connectivity index (χ4v) is 10.2. The molecule has 0 bridgehead atoms. The fourth-order valence-electron chi connectivity index (χ4n) is 10.2. The maximum atomic E-state index is 12.4. The normalized spacial score (nSPS) is 55.3. The molecule has 2 heterocycles. The van der Waals surface area contributed by atoms with Gasteiger partial charge in [0, 0.05) is 30.9 Å². The van der Waals surface area contributed by atoms with Crippen LogP contribution in [-0.2, 0) is 23.7 Å². The molecule has 4 saturated carbocycles. The predicted molar refractivity (Wildman–Crippen MR) is 139 cm³/mol. The van der Waals surface area contributed by atoms with Crippen molar-refractivity contribution in [2.45, 2.75) is 121 Å². The number of esters is 1. The molecule has 0 spiro atoms. The third-order valence-electron chi connectivity index (χ3n) is 12.3. The molecule has 4 aliphatic carbocycles. The second-order valence-corrected chi connectivity index (χ2v) is 13.9. The number of methoxy groups -OCH3 is 1. The molecule has 9 nitrogen and oxygen atoms in total. The van der Waals surface area contributed by atoms with Gasteiger partial charge in [0.25, 0.3) is 0 Å². The summed E-state index contributed by atoms with van der Waals surface area (Å²) in [4.78, 5) is 11.8. The largest absolute Gasteiger partial charge is 0.458 e. The molecule has 9 heteroatoms. The topological polar surface area (TPSA) is 135 Å². The fraction of sp³-hybridized carbons (Fsp3) is 0.900. The van der Waals surface area contributed by atoms with E-state index in [1.54, 1.807) is 6.92 Å². The Morgan fingerprint density at radius 1 is 1.03 bits per heavy atom. The molecule has 5 fully saturated rings. The van der Waals surface area contributed by atoms with Crippen molar-refractivity contribution in [2.75, 3.05) is 13.7 Å². The predicted octanol–water partition coefficient (Wildman–Crippen LogP) is 2.08. The molecule has 0 aromatic carbocycles. The van der Waals surface area contributed by atoms with Gasteiger partial charge in [-0.1, -0.05) is 13.8 Å². The van der Waals surface area contributed by atoms with Gasteiger partial charge in [-0.2, -0.15) is 0 Å². The van der Waals surface area contributed by atoms with Crippen LogP contribution in [-0.4, -0.2) is 88.6 Å². The molecule has 1 saturated heterocycles. The lowest BCUT2D eigenvalue weighted by molar-refractivity contribution is -0.313. The zero-order valence-electron chi connectivity index (χ0n) is 23.6. The Labute approximate surface area is 230 Å². The van der Waals surface area contributed by atoms with E-state index < -0.39 is 47.8 Å². The molecule has 0 amide bonds. The van der Waals surface area contributed by atoms with Crippen molar-refractivity contribution in [1.82, 2.24) is 0 Å². The maximum Gasteiger partial charge on any atom is 0.331 e. The van der Waals surface area contributed by atoms with E-state index in [1.807, 2.05) is 0 Å². The van der Waals surface area contributed by atoms with E-state index in [0.717, 1.165) is 50.5 Å². The van der Waals surface area contributed by atoms with Crippen LogP contribution in [0.4, 0.5) is 0 Å². The molecule has 14 atom stereocenters. The van der Waals surface area contributed by atoms with Gasteiger partial charge in [0.2, 0.25) is 0 Å². The molecule has 0 radical (unpaired) electrons. The number of aliphatic hydroxyl groups is 4. The highest BCUT2D eigenvalue weighted by molar-refractivity contribution is 5.85. The average Bonchev–Trinajstić information content (AvgIpc) is 3.39.